The lowest BCUT2D eigenvalue weighted by Crippen LogP contribution is -2.40. The van der Waals surface area contributed by atoms with E-state index in [1.807, 2.05) is 0 Å². The Morgan fingerprint density at radius 3 is 2.22 bits per heavy atom. The monoisotopic (exact) mass is 255 g/mol. The maximum atomic E-state index is 11.8. The van der Waals surface area contributed by atoms with Gasteiger partial charge in [0.25, 0.3) is 0 Å². The molecule has 2 unspecified atom stereocenters. The largest absolute Gasteiger partial charge is 0.455 e. The highest BCUT2D eigenvalue weighted by atomic mass is 16.6. The fourth-order valence-electron chi connectivity index (χ4n) is 2.17. The lowest BCUT2D eigenvalue weighted by atomic mass is 9.88. The van der Waals surface area contributed by atoms with E-state index in [-0.39, 0.29) is 18.2 Å². The first-order valence-electron chi connectivity index (χ1n) is 6.37. The molecular formula is C13H21NO4. The summed E-state index contributed by atoms with van der Waals surface area (Å²) in [6.07, 6.45) is 2.40. The highest BCUT2D eigenvalue weighted by molar-refractivity contribution is 5.87. The fourth-order valence-corrected chi connectivity index (χ4v) is 2.17. The van der Waals surface area contributed by atoms with Gasteiger partial charge in [0.1, 0.15) is 5.60 Å². The van der Waals surface area contributed by atoms with Gasteiger partial charge in [-0.05, 0) is 19.9 Å². The smallest absolute Gasteiger partial charge is 0.333 e. The summed E-state index contributed by atoms with van der Waals surface area (Å²) in [5.74, 6) is -0.357. The molecule has 2 saturated heterocycles. The standard InChI is InChI=1S/C13H21NO4/c1-9(2)12(15)18-13(3-4-14,5-10-7-16-10)6-11-8-17-11/h10-11H,1,3-8,14H2,2H3. The van der Waals surface area contributed by atoms with Crippen LogP contribution in [0.5, 0.6) is 0 Å². The lowest BCUT2D eigenvalue weighted by molar-refractivity contribution is -0.158. The Balaban J connectivity index is 2.04. The van der Waals surface area contributed by atoms with E-state index in [9.17, 15) is 4.79 Å². The van der Waals surface area contributed by atoms with Gasteiger partial charge >= 0.3 is 5.97 Å². The number of carbonyl (C=O) groups excluding carboxylic acids is 1. The third-order valence-electron chi connectivity index (χ3n) is 3.26. The topological polar surface area (TPSA) is 77.4 Å². The van der Waals surface area contributed by atoms with E-state index in [1.165, 1.54) is 0 Å². The summed E-state index contributed by atoms with van der Waals surface area (Å²) in [5, 5.41) is 0. The quantitative estimate of drug-likeness (QED) is 0.394. The van der Waals surface area contributed by atoms with Gasteiger partial charge in [0.05, 0.1) is 25.4 Å². The highest BCUT2D eigenvalue weighted by Gasteiger charge is 2.44. The maximum absolute atomic E-state index is 11.8. The summed E-state index contributed by atoms with van der Waals surface area (Å²) in [7, 11) is 0. The van der Waals surface area contributed by atoms with E-state index < -0.39 is 5.60 Å². The molecule has 0 saturated carbocycles. The summed E-state index contributed by atoms with van der Waals surface area (Å²) in [4.78, 5) is 11.8. The SMILES string of the molecule is C=C(C)C(=O)OC(CCN)(CC1CO1)CC1CO1. The van der Waals surface area contributed by atoms with Crippen LogP contribution in [0.1, 0.15) is 26.2 Å². The van der Waals surface area contributed by atoms with Crippen molar-refractivity contribution in [2.24, 2.45) is 5.73 Å². The van der Waals surface area contributed by atoms with Crippen molar-refractivity contribution < 1.29 is 19.0 Å². The third-order valence-corrected chi connectivity index (χ3v) is 3.26. The molecule has 2 atom stereocenters. The van der Waals surface area contributed by atoms with Gasteiger partial charge in [-0.25, -0.2) is 4.79 Å². The molecule has 2 aliphatic rings. The van der Waals surface area contributed by atoms with Crippen LogP contribution in [0.15, 0.2) is 12.2 Å². The van der Waals surface area contributed by atoms with Crippen molar-refractivity contribution in [3.63, 3.8) is 0 Å². The molecule has 0 aliphatic carbocycles. The second kappa shape index (κ2) is 5.38. The van der Waals surface area contributed by atoms with Crippen LogP contribution in [-0.4, -0.2) is 43.5 Å². The average molecular weight is 255 g/mol. The van der Waals surface area contributed by atoms with Crippen molar-refractivity contribution in [2.75, 3.05) is 19.8 Å². The lowest BCUT2D eigenvalue weighted by Gasteiger charge is -2.32. The number of rotatable bonds is 8. The van der Waals surface area contributed by atoms with Crippen molar-refractivity contribution in [2.45, 2.75) is 44.0 Å². The van der Waals surface area contributed by atoms with Crippen molar-refractivity contribution in [3.05, 3.63) is 12.2 Å². The Bertz CT molecular complexity index is 320. The zero-order chi connectivity index (χ0) is 13.2. The van der Waals surface area contributed by atoms with E-state index in [2.05, 4.69) is 6.58 Å². The molecule has 2 rings (SSSR count). The van der Waals surface area contributed by atoms with Crippen LogP contribution in [0.2, 0.25) is 0 Å². The van der Waals surface area contributed by atoms with Crippen molar-refractivity contribution in [1.29, 1.82) is 0 Å². The molecule has 2 aliphatic heterocycles. The molecular weight excluding hydrogens is 234 g/mol. The van der Waals surface area contributed by atoms with Crippen LogP contribution in [0, 0.1) is 0 Å². The van der Waals surface area contributed by atoms with E-state index in [4.69, 9.17) is 19.9 Å². The molecule has 102 valence electrons. The average Bonchev–Trinajstić information content (AvgIpc) is 3.15. The highest BCUT2D eigenvalue weighted by Crippen LogP contribution is 2.36. The maximum Gasteiger partial charge on any atom is 0.333 e. The Kier molecular flexibility index (Phi) is 4.04. The minimum absolute atomic E-state index is 0.188. The summed E-state index contributed by atoms with van der Waals surface area (Å²) < 4.78 is 16.2. The molecule has 0 aromatic heterocycles. The second-order valence-corrected chi connectivity index (χ2v) is 5.21. The van der Waals surface area contributed by atoms with Gasteiger partial charge in [-0.15, -0.1) is 0 Å². The molecule has 0 amide bonds. The normalized spacial score (nSPS) is 28.3. The summed E-state index contributed by atoms with van der Waals surface area (Å²) in [5.41, 5.74) is 5.51. The van der Waals surface area contributed by atoms with E-state index in [0.29, 0.717) is 31.4 Å². The predicted molar refractivity (Wildman–Crippen MR) is 66.0 cm³/mol. The van der Waals surface area contributed by atoms with E-state index in [0.717, 1.165) is 13.2 Å². The molecule has 5 nitrogen and oxygen atoms in total. The van der Waals surface area contributed by atoms with Crippen LogP contribution >= 0.6 is 0 Å². The van der Waals surface area contributed by atoms with Crippen molar-refractivity contribution >= 4 is 5.97 Å². The summed E-state index contributed by atoms with van der Waals surface area (Å²) in [6.45, 7) is 7.22. The summed E-state index contributed by atoms with van der Waals surface area (Å²) >= 11 is 0. The van der Waals surface area contributed by atoms with E-state index >= 15 is 0 Å². The van der Waals surface area contributed by atoms with Crippen LogP contribution in [0.25, 0.3) is 0 Å². The number of esters is 1. The van der Waals surface area contributed by atoms with Crippen molar-refractivity contribution in [1.82, 2.24) is 0 Å². The van der Waals surface area contributed by atoms with Crippen LogP contribution in [0.4, 0.5) is 0 Å². The fraction of sp³-hybridized carbons (Fsp3) is 0.769. The van der Waals surface area contributed by atoms with Gasteiger partial charge in [-0.3, -0.25) is 0 Å². The Labute approximate surface area is 107 Å². The van der Waals surface area contributed by atoms with Crippen molar-refractivity contribution in [3.8, 4) is 0 Å². The molecule has 0 aromatic rings. The van der Waals surface area contributed by atoms with Gasteiger partial charge in [-0.2, -0.15) is 0 Å². The van der Waals surface area contributed by atoms with Gasteiger partial charge in [0.15, 0.2) is 0 Å². The molecule has 2 heterocycles. The first-order valence-corrected chi connectivity index (χ1v) is 6.37. The third kappa shape index (κ3) is 3.80. The Hall–Kier alpha value is -0.910. The van der Waals surface area contributed by atoms with Crippen LogP contribution < -0.4 is 5.73 Å². The molecule has 2 N–H and O–H groups in total. The van der Waals surface area contributed by atoms with E-state index in [1.54, 1.807) is 6.92 Å². The van der Waals surface area contributed by atoms with Gasteiger partial charge in [0, 0.05) is 18.4 Å². The number of epoxide rings is 2. The second-order valence-electron chi connectivity index (χ2n) is 5.21. The molecule has 0 radical (unpaired) electrons. The first-order chi connectivity index (χ1) is 8.54. The molecule has 5 heteroatoms. The number of carbonyl (C=O) groups is 1. The minimum Gasteiger partial charge on any atom is -0.455 e. The van der Waals surface area contributed by atoms with Crippen LogP contribution in [0.3, 0.4) is 0 Å². The number of hydrogen-bond acceptors (Lipinski definition) is 5. The number of ether oxygens (including phenoxy) is 3. The Morgan fingerprint density at radius 1 is 1.39 bits per heavy atom. The first kappa shape index (κ1) is 13.5. The zero-order valence-corrected chi connectivity index (χ0v) is 10.8. The Morgan fingerprint density at radius 2 is 1.89 bits per heavy atom. The van der Waals surface area contributed by atoms with Gasteiger partial charge in [-0.1, -0.05) is 6.58 Å². The predicted octanol–water partition coefficient (Wildman–Crippen LogP) is 0.771. The van der Waals surface area contributed by atoms with Gasteiger partial charge in [0.2, 0.25) is 0 Å². The molecule has 0 bridgehead atoms. The van der Waals surface area contributed by atoms with Crippen LogP contribution in [-0.2, 0) is 19.0 Å². The number of nitrogens with two attached hydrogens (primary N) is 1. The zero-order valence-electron chi connectivity index (χ0n) is 10.8. The van der Waals surface area contributed by atoms with Gasteiger partial charge < -0.3 is 19.9 Å². The minimum atomic E-state index is -0.562. The molecule has 0 spiro atoms. The molecule has 0 aromatic carbocycles. The number of hydrogen-bond donors (Lipinski definition) is 1. The molecule has 18 heavy (non-hydrogen) atoms. The summed E-state index contributed by atoms with van der Waals surface area (Å²) in [6, 6.07) is 0. The molecule has 2 fully saturated rings.